The van der Waals surface area contributed by atoms with Crippen LogP contribution in [-0.2, 0) is 6.18 Å². The molecule has 4 heteroatoms. The van der Waals surface area contributed by atoms with Crippen molar-refractivity contribution in [2.75, 3.05) is 0 Å². The van der Waals surface area contributed by atoms with E-state index >= 15 is 0 Å². The zero-order valence-electron chi connectivity index (χ0n) is 11.5. The van der Waals surface area contributed by atoms with Crippen LogP contribution in [0.5, 0.6) is 0 Å². The Morgan fingerprint density at radius 1 is 0.818 bits per heavy atom. The van der Waals surface area contributed by atoms with Crippen LogP contribution in [0.1, 0.15) is 16.7 Å². The fourth-order valence-corrected chi connectivity index (χ4v) is 2.38. The lowest BCUT2D eigenvalue weighted by molar-refractivity contribution is -0.137. The van der Waals surface area contributed by atoms with Crippen LogP contribution in [0.2, 0.25) is 0 Å². The number of halogens is 3. The molecule has 0 atom stereocenters. The van der Waals surface area contributed by atoms with E-state index in [4.69, 9.17) is 0 Å². The van der Waals surface area contributed by atoms with Crippen molar-refractivity contribution in [1.29, 1.82) is 0 Å². The van der Waals surface area contributed by atoms with Gasteiger partial charge < -0.3 is 0 Å². The number of hydrogen-bond acceptors (Lipinski definition) is 1. The summed E-state index contributed by atoms with van der Waals surface area (Å²) >= 11 is 0. The normalized spacial score (nSPS) is 12.1. The number of hydrogen-bond donors (Lipinski definition) is 0. The summed E-state index contributed by atoms with van der Waals surface area (Å²) in [4.78, 5) is 3.89. The molecule has 1 heterocycles. The van der Waals surface area contributed by atoms with Gasteiger partial charge in [0, 0.05) is 12.4 Å². The minimum Gasteiger partial charge on any atom is -0.265 e. The predicted molar refractivity (Wildman–Crippen MR) is 82.1 cm³/mol. The first-order valence-corrected chi connectivity index (χ1v) is 6.73. The highest BCUT2D eigenvalue weighted by Crippen LogP contribution is 2.36. The highest BCUT2D eigenvalue weighted by atomic mass is 19.4. The Hall–Kier alpha value is -2.62. The molecule has 0 bridgehead atoms. The van der Waals surface area contributed by atoms with Crippen LogP contribution in [0.15, 0.2) is 60.9 Å². The fourth-order valence-electron chi connectivity index (χ4n) is 2.38. The van der Waals surface area contributed by atoms with Gasteiger partial charge in [0.2, 0.25) is 0 Å². The number of benzene rings is 2. The predicted octanol–water partition coefficient (Wildman–Crippen LogP) is 5.42. The molecule has 3 aromatic rings. The van der Waals surface area contributed by atoms with Gasteiger partial charge in [-0.1, -0.05) is 42.5 Å². The molecule has 1 aromatic heterocycles. The van der Waals surface area contributed by atoms with E-state index in [9.17, 15) is 13.2 Å². The van der Waals surface area contributed by atoms with Crippen LogP contribution in [0.3, 0.4) is 0 Å². The third kappa shape index (κ3) is 2.86. The van der Waals surface area contributed by atoms with Gasteiger partial charge in [-0.3, -0.25) is 4.98 Å². The first-order valence-electron chi connectivity index (χ1n) is 6.73. The Kier molecular flexibility index (Phi) is 3.67. The largest absolute Gasteiger partial charge is 0.417 e. The smallest absolute Gasteiger partial charge is 0.265 e. The number of nitrogens with zero attached hydrogens (tertiary/aromatic N) is 1. The summed E-state index contributed by atoms with van der Waals surface area (Å²) in [5, 5.41) is 1.37. The van der Waals surface area contributed by atoms with E-state index < -0.39 is 11.7 Å². The van der Waals surface area contributed by atoms with E-state index in [1.165, 1.54) is 12.1 Å². The molecule has 0 fully saturated rings. The van der Waals surface area contributed by atoms with Crippen molar-refractivity contribution in [3.05, 3.63) is 77.6 Å². The SMILES string of the molecule is FC(F)(F)c1ccc2ccccc2c1C=Cc1ccncc1. The van der Waals surface area contributed by atoms with E-state index in [0.29, 0.717) is 5.39 Å². The van der Waals surface area contributed by atoms with E-state index in [1.807, 2.05) is 6.07 Å². The van der Waals surface area contributed by atoms with Gasteiger partial charge in [0.1, 0.15) is 0 Å². The molecule has 0 aliphatic rings. The van der Waals surface area contributed by atoms with E-state index in [2.05, 4.69) is 4.98 Å². The second-order valence-corrected chi connectivity index (χ2v) is 4.86. The number of rotatable bonds is 2. The zero-order valence-corrected chi connectivity index (χ0v) is 11.5. The number of fused-ring (bicyclic) bond motifs is 1. The molecule has 2 aromatic carbocycles. The molecule has 0 aliphatic heterocycles. The third-order valence-electron chi connectivity index (χ3n) is 3.42. The standard InChI is InChI=1S/C18H12F3N/c19-18(20,21)17-8-6-14-3-1-2-4-15(14)16(17)7-5-13-9-11-22-12-10-13/h1-12H. The van der Waals surface area contributed by atoms with Gasteiger partial charge in [0.05, 0.1) is 5.56 Å². The summed E-state index contributed by atoms with van der Waals surface area (Å²) in [6, 6.07) is 13.2. The minimum atomic E-state index is -4.39. The summed E-state index contributed by atoms with van der Waals surface area (Å²) < 4.78 is 39.8. The lowest BCUT2D eigenvalue weighted by Gasteiger charge is -2.13. The van der Waals surface area contributed by atoms with Gasteiger partial charge in [-0.15, -0.1) is 0 Å². The van der Waals surface area contributed by atoms with E-state index in [0.717, 1.165) is 17.0 Å². The molecule has 0 saturated heterocycles. The summed E-state index contributed by atoms with van der Waals surface area (Å²) in [6.45, 7) is 0. The van der Waals surface area contributed by atoms with Crippen LogP contribution in [0.4, 0.5) is 13.2 Å². The number of aromatic nitrogens is 1. The number of alkyl halides is 3. The topological polar surface area (TPSA) is 12.9 Å². The van der Waals surface area contributed by atoms with Crippen LogP contribution in [0, 0.1) is 0 Å². The van der Waals surface area contributed by atoms with Crippen molar-refractivity contribution in [2.24, 2.45) is 0 Å². The fraction of sp³-hybridized carbons (Fsp3) is 0.0556. The highest BCUT2D eigenvalue weighted by molar-refractivity contribution is 5.94. The molecule has 0 unspecified atom stereocenters. The number of pyridine rings is 1. The van der Waals surface area contributed by atoms with Crippen LogP contribution in [0.25, 0.3) is 22.9 Å². The molecular formula is C18H12F3N. The molecule has 0 radical (unpaired) electrons. The summed E-state index contributed by atoms with van der Waals surface area (Å²) in [6.07, 6.45) is 2.00. The first-order chi connectivity index (χ1) is 10.6. The van der Waals surface area contributed by atoms with Crippen molar-refractivity contribution < 1.29 is 13.2 Å². The molecule has 0 spiro atoms. The Morgan fingerprint density at radius 3 is 2.27 bits per heavy atom. The molecule has 0 N–H and O–H groups in total. The summed E-state index contributed by atoms with van der Waals surface area (Å²) in [7, 11) is 0. The monoisotopic (exact) mass is 299 g/mol. The van der Waals surface area contributed by atoms with Gasteiger partial charge in [0.15, 0.2) is 0 Å². The molecule has 3 rings (SSSR count). The van der Waals surface area contributed by atoms with Crippen molar-refractivity contribution in [3.63, 3.8) is 0 Å². The zero-order chi connectivity index (χ0) is 15.6. The Labute approximate surface area is 125 Å². The minimum absolute atomic E-state index is 0.183. The average Bonchev–Trinajstić information content (AvgIpc) is 2.52. The quantitative estimate of drug-likeness (QED) is 0.615. The maximum Gasteiger partial charge on any atom is 0.417 e. The Balaban J connectivity index is 2.19. The van der Waals surface area contributed by atoms with Crippen molar-refractivity contribution in [3.8, 4) is 0 Å². The average molecular weight is 299 g/mol. The van der Waals surface area contributed by atoms with Crippen LogP contribution >= 0.6 is 0 Å². The van der Waals surface area contributed by atoms with Gasteiger partial charge in [-0.2, -0.15) is 13.2 Å². The summed E-state index contributed by atoms with van der Waals surface area (Å²) in [5.74, 6) is 0. The van der Waals surface area contributed by atoms with Crippen LogP contribution in [-0.4, -0.2) is 4.98 Å². The van der Waals surface area contributed by atoms with Gasteiger partial charge in [0.25, 0.3) is 0 Å². The van der Waals surface area contributed by atoms with Crippen LogP contribution < -0.4 is 0 Å². The third-order valence-corrected chi connectivity index (χ3v) is 3.42. The van der Waals surface area contributed by atoms with E-state index in [-0.39, 0.29) is 5.56 Å². The van der Waals surface area contributed by atoms with Crippen molar-refractivity contribution in [2.45, 2.75) is 6.18 Å². The van der Waals surface area contributed by atoms with Crippen molar-refractivity contribution in [1.82, 2.24) is 4.98 Å². The van der Waals surface area contributed by atoms with Gasteiger partial charge in [-0.05, 0) is 40.1 Å². The maximum absolute atomic E-state index is 13.3. The highest BCUT2D eigenvalue weighted by Gasteiger charge is 2.33. The Morgan fingerprint density at radius 2 is 1.55 bits per heavy atom. The molecule has 110 valence electrons. The lowest BCUT2D eigenvalue weighted by atomic mass is 9.97. The van der Waals surface area contributed by atoms with Gasteiger partial charge >= 0.3 is 6.18 Å². The molecular weight excluding hydrogens is 287 g/mol. The molecule has 22 heavy (non-hydrogen) atoms. The molecule has 0 amide bonds. The Bertz CT molecular complexity index is 821. The van der Waals surface area contributed by atoms with Crippen molar-refractivity contribution >= 4 is 22.9 Å². The second-order valence-electron chi connectivity index (χ2n) is 4.86. The summed E-state index contributed by atoms with van der Waals surface area (Å²) in [5.41, 5.74) is 0.356. The van der Waals surface area contributed by atoms with E-state index in [1.54, 1.807) is 48.8 Å². The molecule has 1 nitrogen and oxygen atoms in total. The maximum atomic E-state index is 13.3. The lowest BCUT2D eigenvalue weighted by Crippen LogP contribution is -2.07. The molecule has 0 saturated carbocycles. The second kappa shape index (κ2) is 5.64. The van der Waals surface area contributed by atoms with Gasteiger partial charge in [-0.25, -0.2) is 0 Å². The molecule has 0 aliphatic carbocycles. The first kappa shape index (κ1) is 14.3.